The van der Waals surface area contributed by atoms with Gasteiger partial charge in [0.1, 0.15) is 11.8 Å². The molecule has 0 fully saturated rings. The molecule has 1 atom stereocenters. The molecule has 2 N–H and O–H groups in total. The van der Waals surface area contributed by atoms with Crippen LogP contribution < -0.4 is 10.1 Å². The first-order chi connectivity index (χ1) is 9.71. The van der Waals surface area contributed by atoms with Crippen molar-refractivity contribution in [3.63, 3.8) is 0 Å². The van der Waals surface area contributed by atoms with Crippen LogP contribution in [0.15, 0.2) is 24.3 Å². The fraction of sp³-hybridized carbons (Fsp3) is 0.385. The van der Waals surface area contributed by atoms with Gasteiger partial charge in [-0.15, -0.1) is 13.2 Å². The Hall–Kier alpha value is -2.25. The van der Waals surface area contributed by atoms with Crippen LogP contribution in [0.1, 0.15) is 18.9 Å². The Bertz CT molecular complexity index is 516. The number of amides is 1. The molecule has 0 bridgehead atoms. The second-order valence-corrected chi connectivity index (χ2v) is 4.24. The van der Waals surface area contributed by atoms with E-state index in [9.17, 15) is 22.8 Å². The third-order valence-corrected chi connectivity index (χ3v) is 2.54. The predicted octanol–water partition coefficient (Wildman–Crippen LogP) is 2.11. The van der Waals surface area contributed by atoms with Crippen LogP contribution in [-0.4, -0.2) is 29.4 Å². The van der Waals surface area contributed by atoms with E-state index < -0.39 is 30.0 Å². The molecule has 0 heterocycles. The summed E-state index contributed by atoms with van der Waals surface area (Å²) in [5.41, 5.74) is 0.287. The van der Waals surface area contributed by atoms with Gasteiger partial charge in [0.25, 0.3) is 0 Å². The maximum Gasteiger partial charge on any atom is 0.573 e. The fourth-order valence-electron chi connectivity index (χ4n) is 1.62. The standard InChI is InChI=1S/C13H14F3NO4/c1-2-10(12(19)20)17-11(18)7-8-4-3-5-9(6-8)21-13(14,15)16/h3-6,10H,2,7H2,1H3,(H,17,18)(H,19,20). The molecule has 0 radical (unpaired) electrons. The van der Waals surface area contributed by atoms with E-state index in [0.717, 1.165) is 12.1 Å². The van der Waals surface area contributed by atoms with Gasteiger partial charge >= 0.3 is 12.3 Å². The molecule has 1 amide bonds. The first-order valence-electron chi connectivity index (χ1n) is 6.08. The van der Waals surface area contributed by atoms with Crippen molar-refractivity contribution in [2.75, 3.05) is 0 Å². The fourth-order valence-corrected chi connectivity index (χ4v) is 1.62. The highest BCUT2D eigenvalue weighted by atomic mass is 19.4. The summed E-state index contributed by atoms with van der Waals surface area (Å²) in [5, 5.41) is 11.1. The van der Waals surface area contributed by atoms with Gasteiger partial charge < -0.3 is 15.2 Å². The van der Waals surface area contributed by atoms with Crippen molar-refractivity contribution in [3.8, 4) is 5.75 Å². The van der Waals surface area contributed by atoms with Crippen LogP contribution in [-0.2, 0) is 16.0 Å². The van der Waals surface area contributed by atoms with Crippen molar-refractivity contribution >= 4 is 11.9 Å². The molecule has 0 saturated carbocycles. The molecule has 21 heavy (non-hydrogen) atoms. The topological polar surface area (TPSA) is 75.6 Å². The zero-order chi connectivity index (χ0) is 16.0. The molecule has 1 aromatic carbocycles. The Morgan fingerprint density at radius 1 is 1.38 bits per heavy atom. The van der Waals surface area contributed by atoms with Crippen LogP contribution in [0, 0.1) is 0 Å². The summed E-state index contributed by atoms with van der Waals surface area (Å²) in [6, 6.07) is 3.94. The minimum atomic E-state index is -4.81. The van der Waals surface area contributed by atoms with Gasteiger partial charge in [-0.3, -0.25) is 4.79 Å². The highest BCUT2D eigenvalue weighted by Gasteiger charge is 2.31. The Kier molecular flexibility index (Phi) is 5.57. The third kappa shape index (κ3) is 6.15. The number of hydrogen-bond acceptors (Lipinski definition) is 3. The van der Waals surface area contributed by atoms with Gasteiger partial charge in [-0.05, 0) is 24.1 Å². The highest BCUT2D eigenvalue weighted by molar-refractivity contribution is 5.84. The van der Waals surface area contributed by atoms with Gasteiger partial charge in [0.2, 0.25) is 5.91 Å². The maximum absolute atomic E-state index is 12.1. The lowest BCUT2D eigenvalue weighted by Crippen LogP contribution is -2.40. The van der Waals surface area contributed by atoms with Crippen LogP contribution in [0.25, 0.3) is 0 Å². The smallest absolute Gasteiger partial charge is 0.480 e. The van der Waals surface area contributed by atoms with Crippen LogP contribution in [0.5, 0.6) is 5.75 Å². The number of rotatable bonds is 6. The SMILES string of the molecule is CCC(NC(=O)Cc1cccc(OC(F)(F)F)c1)C(=O)O. The molecule has 116 valence electrons. The Balaban J connectivity index is 2.68. The molecule has 0 aromatic heterocycles. The molecule has 1 rings (SSSR count). The molecule has 0 saturated heterocycles. The van der Waals surface area contributed by atoms with E-state index in [1.807, 2.05) is 0 Å². The van der Waals surface area contributed by atoms with E-state index in [2.05, 4.69) is 10.1 Å². The van der Waals surface area contributed by atoms with Gasteiger partial charge in [0.15, 0.2) is 0 Å². The first-order valence-corrected chi connectivity index (χ1v) is 6.08. The van der Waals surface area contributed by atoms with E-state index in [0.29, 0.717) is 0 Å². The Morgan fingerprint density at radius 2 is 2.05 bits per heavy atom. The van der Waals surface area contributed by atoms with Crippen molar-refractivity contribution < 1.29 is 32.6 Å². The molecule has 0 spiro atoms. The van der Waals surface area contributed by atoms with E-state index >= 15 is 0 Å². The van der Waals surface area contributed by atoms with E-state index in [4.69, 9.17) is 5.11 Å². The summed E-state index contributed by atoms with van der Waals surface area (Å²) in [5.74, 6) is -2.19. The van der Waals surface area contributed by atoms with E-state index in [1.165, 1.54) is 12.1 Å². The second kappa shape index (κ2) is 6.96. The van der Waals surface area contributed by atoms with E-state index in [-0.39, 0.29) is 18.4 Å². The van der Waals surface area contributed by atoms with Gasteiger partial charge in [-0.2, -0.15) is 0 Å². The van der Waals surface area contributed by atoms with Gasteiger partial charge in [-0.25, -0.2) is 4.79 Å². The van der Waals surface area contributed by atoms with Crippen molar-refractivity contribution in [1.82, 2.24) is 5.32 Å². The number of carboxylic acid groups (broad SMARTS) is 1. The molecule has 8 heteroatoms. The van der Waals surface area contributed by atoms with Crippen molar-refractivity contribution in [2.24, 2.45) is 0 Å². The van der Waals surface area contributed by atoms with Gasteiger partial charge in [0.05, 0.1) is 6.42 Å². The summed E-state index contributed by atoms with van der Waals surface area (Å²) < 4.78 is 40.0. The highest BCUT2D eigenvalue weighted by Crippen LogP contribution is 2.23. The number of benzene rings is 1. The predicted molar refractivity (Wildman–Crippen MR) is 66.7 cm³/mol. The number of carbonyl (C=O) groups excluding carboxylic acids is 1. The number of nitrogens with one attached hydrogen (secondary N) is 1. The molecule has 5 nitrogen and oxygen atoms in total. The second-order valence-electron chi connectivity index (χ2n) is 4.24. The maximum atomic E-state index is 12.1. The van der Waals surface area contributed by atoms with Crippen molar-refractivity contribution in [3.05, 3.63) is 29.8 Å². The lowest BCUT2D eigenvalue weighted by molar-refractivity contribution is -0.274. The number of halogens is 3. The largest absolute Gasteiger partial charge is 0.573 e. The minimum Gasteiger partial charge on any atom is -0.480 e. The first kappa shape index (κ1) is 16.8. The Labute approximate surface area is 118 Å². The molecule has 1 aromatic rings. The Morgan fingerprint density at radius 3 is 2.57 bits per heavy atom. The van der Waals surface area contributed by atoms with Crippen LogP contribution >= 0.6 is 0 Å². The normalized spacial score (nSPS) is 12.6. The minimum absolute atomic E-state index is 0.207. The number of hydrogen-bond donors (Lipinski definition) is 2. The van der Waals surface area contributed by atoms with Crippen molar-refractivity contribution in [1.29, 1.82) is 0 Å². The lowest BCUT2D eigenvalue weighted by Gasteiger charge is -2.13. The molecule has 0 aliphatic heterocycles. The number of ether oxygens (including phenoxy) is 1. The lowest BCUT2D eigenvalue weighted by atomic mass is 10.1. The summed E-state index contributed by atoms with van der Waals surface area (Å²) >= 11 is 0. The number of aliphatic carboxylic acids is 1. The van der Waals surface area contributed by atoms with Crippen LogP contribution in [0.3, 0.4) is 0 Å². The molecule has 1 unspecified atom stereocenters. The summed E-state index contributed by atoms with van der Waals surface area (Å²) in [6.45, 7) is 1.59. The number of carboxylic acids is 1. The molecular formula is C13H14F3NO4. The number of carbonyl (C=O) groups is 2. The zero-order valence-electron chi connectivity index (χ0n) is 11.1. The average Bonchev–Trinajstić information content (AvgIpc) is 2.33. The van der Waals surface area contributed by atoms with E-state index in [1.54, 1.807) is 6.92 Å². The summed E-state index contributed by atoms with van der Waals surface area (Å²) in [7, 11) is 0. The van der Waals surface area contributed by atoms with Crippen LogP contribution in [0.4, 0.5) is 13.2 Å². The number of alkyl halides is 3. The monoisotopic (exact) mass is 305 g/mol. The molecule has 0 aliphatic carbocycles. The third-order valence-electron chi connectivity index (χ3n) is 2.54. The average molecular weight is 305 g/mol. The zero-order valence-corrected chi connectivity index (χ0v) is 11.1. The van der Waals surface area contributed by atoms with Crippen LogP contribution in [0.2, 0.25) is 0 Å². The summed E-state index contributed by atoms with van der Waals surface area (Å²) in [4.78, 5) is 22.4. The van der Waals surface area contributed by atoms with Gasteiger partial charge in [-0.1, -0.05) is 19.1 Å². The van der Waals surface area contributed by atoms with Gasteiger partial charge in [0, 0.05) is 0 Å². The quantitative estimate of drug-likeness (QED) is 0.844. The molecular weight excluding hydrogens is 291 g/mol. The summed E-state index contributed by atoms with van der Waals surface area (Å²) in [6.07, 6.45) is -4.84. The molecule has 0 aliphatic rings. The van der Waals surface area contributed by atoms with Crippen molar-refractivity contribution in [2.45, 2.75) is 32.2 Å².